The van der Waals surface area contributed by atoms with Crippen molar-refractivity contribution in [1.29, 1.82) is 0 Å². The fourth-order valence-corrected chi connectivity index (χ4v) is 3.69. The van der Waals surface area contributed by atoms with E-state index in [4.69, 9.17) is 5.73 Å². The van der Waals surface area contributed by atoms with E-state index >= 15 is 0 Å². The number of imidazole rings is 1. The van der Waals surface area contributed by atoms with Gasteiger partial charge in [-0.2, -0.15) is 4.31 Å². The molecule has 2 N–H and O–H groups in total. The molecule has 0 amide bonds. The van der Waals surface area contributed by atoms with E-state index in [1.807, 2.05) is 18.4 Å². The quantitative estimate of drug-likeness (QED) is 0.823. The van der Waals surface area contributed by atoms with Crippen LogP contribution in [0.2, 0.25) is 0 Å². The molecule has 2 heterocycles. The first-order valence-corrected chi connectivity index (χ1v) is 7.03. The average Bonchev–Trinajstić information content (AvgIpc) is 2.56. The maximum Gasteiger partial charge on any atom is 0.262 e. The zero-order valence-corrected chi connectivity index (χ0v) is 11.2. The summed E-state index contributed by atoms with van der Waals surface area (Å²) >= 11 is 0. The third-order valence-electron chi connectivity index (χ3n) is 2.97. The van der Waals surface area contributed by atoms with Crippen LogP contribution >= 0.6 is 0 Å². The SMILES string of the molecule is CCn1cc(S(=O)(=O)N2CC(C)(N)C2)nc1C. The molecule has 0 aromatic carbocycles. The highest BCUT2D eigenvalue weighted by atomic mass is 32.2. The highest BCUT2D eigenvalue weighted by Crippen LogP contribution is 2.25. The van der Waals surface area contributed by atoms with Gasteiger partial charge >= 0.3 is 0 Å². The smallest absolute Gasteiger partial charge is 0.262 e. The Morgan fingerprint density at radius 3 is 2.53 bits per heavy atom. The van der Waals surface area contributed by atoms with E-state index in [1.165, 1.54) is 4.31 Å². The van der Waals surface area contributed by atoms with Gasteiger partial charge in [0.2, 0.25) is 0 Å². The summed E-state index contributed by atoms with van der Waals surface area (Å²) in [4.78, 5) is 4.10. The van der Waals surface area contributed by atoms with Crippen molar-refractivity contribution in [2.24, 2.45) is 5.73 Å². The molecule has 0 saturated carbocycles. The van der Waals surface area contributed by atoms with Crippen LogP contribution in [0.1, 0.15) is 19.7 Å². The summed E-state index contributed by atoms with van der Waals surface area (Å²) < 4.78 is 27.5. The Balaban J connectivity index is 2.27. The van der Waals surface area contributed by atoms with E-state index in [1.54, 1.807) is 13.1 Å². The number of hydrogen-bond donors (Lipinski definition) is 1. The lowest BCUT2D eigenvalue weighted by molar-refractivity contribution is 0.176. The minimum absolute atomic E-state index is 0.118. The van der Waals surface area contributed by atoms with Crippen molar-refractivity contribution in [3.63, 3.8) is 0 Å². The minimum Gasteiger partial charge on any atom is -0.334 e. The summed E-state index contributed by atoms with van der Waals surface area (Å²) in [5, 5.41) is 0.118. The third-order valence-corrected chi connectivity index (χ3v) is 4.64. The molecule has 1 aliphatic rings. The van der Waals surface area contributed by atoms with Crippen LogP contribution in [-0.4, -0.2) is 40.9 Å². The van der Waals surface area contributed by atoms with E-state index in [2.05, 4.69) is 4.98 Å². The van der Waals surface area contributed by atoms with Crippen molar-refractivity contribution in [2.75, 3.05) is 13.1 Å². The highest BCUT2D eigenvalue weighted by molar-refractivity contribution is 7.89. The summed E-state index contributed by atoms with van der Waals surface area (Å²) in [5.74, 6) is 0.710. The zero-order valence-electron chi connectivity index (χ0n) is 10.3. The molecular formula is C10H18N4O2S. The molecule has 0 bridgehead atoms. The van der Waals surface area contributed by atoms with Crippen LogP contribution in [0.3, 0.4) is 0 Å². The van der Waals surface area contributed by atoms with E-state index in [-0.39, 0.29) is 5.03 Å². The third kappa shape index (κ3) is 2.10. The Kier molecular flexibility index (Phi) is 2.80. The van der Waals surface area contributed by atoms with Crippen molar-refractivity contribution < 1.29 is 8.42 Å². The number of nitrogens with zero attached hydrogens (tertiary/aromatic N) is 3. The Bertz CT molecular complexity index is 525. The molecule has 0 atom stereocenters. The fraction of sp³-hybridized carbons (Fsp3) is 0.700. The van der Waals surface area contributed by atoms with Gasteiger partial charge in [-0.1, -0.05) is 0 Å². The maximum atomic E-state index is 12.2. The van der Waals surface area contributed by atoms with Gasteiger partial charge in [-0.15, -0.1) is 0 Å². The highest BCUT2D eigenvalue weighted by Gasteiger charge is 2.43. The molecule has 0 unspecified atom stereocenters. The monoisotopic (exact) mass is 258 g/mol. The predicted molar refractivity (Wildman–Crippen MR) is 64.0 cm³/mol. The lowest BCUT2D eigenvalue weighted by atomic mass is 9.97. The fourth-order valence-electron chi connectivity index (χ4n) is 1.99. The summed E-state index contributed by atoms with van der Waals surface area (Å²) in [5.41, 5.74) is 5.41. The molecule has 0 aliphatic carbocycles. The van der Waals surface area contributed by atoms with Gasteiger partial charge in [0.25, 0.3) is 10.0 Å². The lowest BCUT2D eigenvalue weighted by Gasteiger charge is -2.43. The second-order valence-corrected chi connectivity index (χ2v) is 6.72. The zero-order chi connectivity index (χ0) is 12.8. The summed E-state index contributed by atoms with van der Waals surface area (Å²) in [6.45, 7) is 7.01. The average molecular weight is 258 g/mol. The second kappa shape index (κ2) is 3.79. The molecule has 2 rings (SSSR count). The molecule has 96 valence electrons. The van der Waals surface area contributed by atoms with Gasteiger partial charge < -0.3 is 10.3 Å². The van der Waals surface area contributed by atoms with Crippen LogP contribution in [0.4, 0.5) is 0 Å². The van der Waals surface area contributed by atoms with Gasteiger partial charge in [-0.25, -0.2) is 13.4 Å². The largest absolute Gasteiger partial charge is 0.334 e. The minimum atomic E-state index is -3.46. The Morgan fingerprint density at radius 2 is 2.12 bits per heavy atom. The molecule has 1 aromatic rings. The van der Waals surface area contributed by atoms with Crippen LogP contribution in [0.25, 0.3) is 0 Å². The van der Waals surface area contributed by atoms with Crippen molar-refractivity contribution in [3.8, 4) is 0 Å². The number of aryl methyl sites for hydroxylation is 2. The number of aromatic nitrogens is 2. The first kappa shape index (κ1) is 12.5. The number of hydrogen-bond acceptors (Lipinski definition) is 4. The van der Waals surface area contributed by atoms with Crippen LogP contribution in [0, 0.1) is 6.92 Å². The van der Waals surface area contributed by atoms with Crippen molar-refractivity contribution in [2.45, 2.75) is 37.9 Å². The van der Waals surface area contributed by atoms with Gasteiger partial charge in [0, 0.05) is 31.4 Å². The van der Waals surface area contributed by atoms with Gasteiger partial charge in [0.15, 0.2) is 5.03 Å². The first-order valence-electron chi connectivity index (χ1n) is 5.59. The van der Waals surface area contributed by atoms with Crippen molar-refractivity contribution in [1.82, 2.24) is 13.9 Å². The molecule has 0 spiro atoms. The molecule has 1 fully saturated rings. The Labute approximate surface area is 101 Å². The van der Waals surface area contributed by atoms with Crippen LogP contribution < -0.4 is 5.73 Å². The van der Waals surface area contributed by atoms with Crippen LogP contribution in [-0.2, 0) is 16.6 Å². The molecule has 6 nitrogen and oxygen atoms in total. The van der Waals surface area contributed by atoms with Gasteiger partial charge in [-0.3, -0.25) is 0 Å². The molecule has 7 heteroatoms. The maximum absolute atomic E-state index is 12.2. The van der Waals surface area contributed by atoms with Gasteiger partial charge in [0.1, 0.15) is 5.82 Å². The van der Waals surface area contributed by atoms with Crippen LogP contribution in [0.15, 0.2) is 11.2 Å². The van der Waals surface area contributed by atoms with E-state index in [9.17, 15) is 8.42 Å². The normalized spacial score (nSPS) is 20.2. The van der Waals surface area contributed by atoms with Crippen molar-refractivity contribution >= 4 is 10.0 Å². The van der Waals surface area contributed by atoms with E-state index in [0.717, 1.165) is 0 Å². The molecule has 17 heavy (non-hydrogen) atoms. The predicted octanol–water partition coefficient (Wildman–Crippen LogP) is -0.0669. The van der Waals surface area contributed by atoms with E-state index < -0.39 is 15.6 Å². The second-order valence-electron chi connectivity index (χ2n) is 4.84. The number of sulfonamides is 1. The van der Waals surface area contributed by atoms with Gasteiger partial charge in [-0.05, 0) is 20.8 Å². The molecule has 1 aromatic heterocycles. The molecule has 0 radical (unpaired) electrons. The Hall–Kier alpha value is -0.920. The molecule has 1 saturated heterocycles. The summed E-state index contributed by atoms with van der Waals surface area (Å²) in [6.07, 6.45) is 1.58. The van der Waals surface area contributed by atoms with Crippen LogP contribution in [0.5, 0.6) is 0 Å². The van der Waals surface area contributed by atoms with E-state index in [0.29, 0.717) is 25.5 Å². The standard InChI is InChI=1S/C10H18N4O2S/c1-4-13-5-9(12-8(13)2)17(15,16)14-6-10(3,11)7-14/h5H,4,6-7,11H2,1-3H3. The lowest BCUT2D eigenvalue weighted by Crippen LogP contribution is -2.66. The molecule has 1 aliphatic heterocycles. The number of nitrogens with two attached hydrogens (primary N) is 1. The summed E-state index contributed by atoms with van der Waals surface area (Å²) in [6, 6.07) is 0. The Morgan fingerprint density at radius 1 is 1.53 bits per heavy atom. The topological polar surface area (TPSA) is 81.2 Å². The summed E-state index contributed by atoms with van der Waals surface area (Å²) in [7, 11) is -3.46. The van der Waals surface area contributed by atoms with Gasteiger partial charge in [0.05, 0.1) is 0 Å². The molecular weight excluding hydrogens is 240 g/mol. The number of rotatable bonds is 3. The van der Waals surface area contributed by atoms with Crippen molar-refractivity contribution in [3.05, 3.63) is 12.0 Å². The first-order chi connectivity index (χ1) is 7.76.